The average Bonchev–Trinajstić information content (AvgIpc) is 2.81. The fraction of sp³-hybridized carbons (Fsp3) is 0.261. The molecule has 3 heterocycles. The molecule has 1 saturated heterocycles. The maximum Gasteiger partial charge on any atom is 0.323 e. The second-order valence-corrected chi connectivity index (χ2v) is 7.23. The number of urea groups is 1. The van der Waals surface area contributed by atoms with Crippen molar-refractivity contribution in [3.8, 4) is 11.8 Å². The molecule has 8 nitrogen and oxygen atoms in total. The van der Waals surface area contributed by atoms with E-state index in [0.29, 0.717) is 30.7 Å². The summed E-state index contributed by atoms with van der Waals surface area (Å²) in [5.41, 5.74) is 3.42. The van der Waals surface area contributed by atoms with Gasteiger partial charge < -0.3 is 9.64 Å². The fourth-order valence-corrected chi connectivity index (χ4v) is 3.29. The van der Waals surface area contributed by atoms with Gasteiger partial charge in [0.05, 0.1) is 0 Å². The first-order valence-corrected chi connectivity index (χ1v) is 10.3. The lowest BCUT2D eigenvalue weighted by Crippen LogP contribution is -2.39. The minimum absolute atomic E-state index is 0.149. The summed E-state index contributed by atoms with van der Waals surface area (Å²) in [5.74, 6) is 1.15. The summed E-state index contributed by atoms with van der Waals surface area (Å²) >= 11 is 0. The number of benzene rings is 1. The van der Waals surface area contributed by atoms with Crippen molar-refractivity contribution in [3.05, 3.63) is 71.7 Å². The molecular formula is C23H24N6O2. The number of aryl methyl sites for hydroxylation is 1. The standard InChI is InChI=1S/C23H24N6O2/c1-2-17-15-24-22(25-16-17)31-20-6-3-5-19(14-20)13-18-8-11-29(12-9-18)23(30)27-21-7-4-10-26-28-21/h3-7,10,13-16H,2,8-9,11-12H2,1H3,(H,27,28,30). The third-order valence-electron chi connectivity index (χ3n) is 5.03. The number of anilines is 1. The zero-order chi connectivity index (χ0) is 21.5. The van der Waals surface area contributed by atoms with E-state index in [9.17, 15) is 4.79 Å². The van der Waals surface area contributed by atoms with Gasteiger partial charge in [0.1, 0.15) is 5.75 Å². The van der Waals surface area contributed by atoms with Crippen molar-refractivity contribution in [1.29, 1.82) is 0 Å². The summed E-state index contributed by atoms with van der Waals surface area (Å²) in [6.45, 7) is 3.38. The molecule has 0 atom stereocenters. The van der Waals surface area contributed by atoms with E-state index < -0.39 is 0 Å². The monoisotopic (exact) mass is 416 g/mol. The van der Waals surface area contributed by atoms with Crippen LogP contribution in [0, 0.1) is 0 Å². The van der Waals surface area contributed by atoms with E-state index in [-0.39, 0.29) is 6.03 Å². The van der Waals surface area contributed by atoms with Gasteiger partial charge in [-0.25, -0.2) is 14.8 Å². The summed E-state index contributed by atoms with van der Waals surface area (Å²) < 4.78 is 5.79. The molecule has 2 amide bonds. The average molecular weight is 416 g/mol. The van der Waals surface area contributed by atoms with Crippen LogP contribution in [0.1, 0.15) is 30.9 Å². The molecule has 3 aromatic rings. The van der Waals surface area contributed by atoms with Gasteiger partial charge in [0.15, 0.2) is 5.82 Å². The predicted octanol–water partition coefficient (Wildman–Crippen LogP) is 4.33. The number of hydrogen-bond acceptors (Lipinski definition) is 6. The van der Waals surface area contributed by atoms with Crippen molar-refractivity contribution in [2.75, 3.05) is 18.4 Å². The number of nitrogens with zero attached hydrogens (tertiary/aromatic N) is 5. The van der Waals surface area contributed by atoms with Crippen LogP contribution in [0.25, 0.3) is 6.08 Å². The molecule has 2 aromatic heterocycles. The van der Waals surface area contributed by atoms with Crippen molar-refractivity contribution < 1.29 is 9.53 Å². The Hall–Kier alpha value is -3.81. The summed E-state index contributed by atoms with van der Waals surface area (Å²) in [5, 5.41) is 10.4. The first-order chi connectivity index (χ1) is 15.2. The lowest BCUT2D eigenvalue weighted by molar-refractivity contribution is 0.207. The minimum Gasteiger partial charge on any atom is -0.424 e. The highest BCUT2D eigenvalue weighted by Gasteiger charge is 2.19. The largest absolute Gasteiger partial charge is 0.424 e. The zero-order valence-electron chi connectivity index (χ0n) is 17.4. The Kier molecular flexibility index (Phi) is 6.47. The molecule has 0 radical (unpaired) electrons. The van der Waals surface area contributed by atoms with Crippen LogP contribution in [0.3, 0.4) is 0 Å². The Morgan fingerprint density at radius 3 is 2.68 bits per heavy atom. The molecule has 31 heavy (non-hydrogen) atoms. The number of carbonyl (C=O) groups excluding carboxylic acids is 1. The van der Waals surface area contributed by atoms with Gasteiger partial charge in [-0.1, -0.05) is 30.7 Å². The van der Waals surface area contributed by atoms with Gasteiger partial charge >= 0.3 is 12.0 Å². The Bertz CT molecular complexity index is 1040. The molecule has 1 N–H and O–H groups in total. The van der Waals surface area contributed by atoms with Crippen LogP contribution >= 0.6 is 0 Å². The van der Waals surface area contributed by atoms with E-state index in [1.165, 1.54) is 5.57 Å². The summed E-state index contributed by atoms with van der Waals surface area (Å²) in [6.07, 6.45) is 9.82. The van der Waals surface area contributed by atoms with Gasteiger partial charge in [0, 0.05) is 31.7 Å². The second kappa shape index (κ2) is 9.80. The molecule has 0 aliphatic carbocycles. The van der Waals surface area contributed by atoms with Crippen LogP contribution in [-0.2, 0) is 6.42 Å². The predicted molar refractivity (Wildman–Crippen MR) is 118 cm³/mol. The van der Waals surface area contributed by atoms with E-state index in [0.717, 1.165) is 30.4 Å². The van der Waals surface area contributed by atoms with Crippen LogP contribution in [0.4, 0.5) is 10.6 Å². The Labute approximate surface area is 181 Å². The van der Waals surface area contributed by atoms with Crippen molar-refractivity contribution in [1.82, 2.24) is 25.1 Å². The quantitative estimate of drug-likeness (QED) is 0.665. The Balaban J connectivity index is 1.34. The molecule has 158 valence electrons. The lowest BCUT2D eigenvalue weighted by atomic mass is 10.0. The Morgan fingerprint density at radius 2 is 1.97 bits per heavy atom. The molecule has 1 fully saturated rings. The van der Waals surface area contributed by atoms with Crippen molar-refractivity contribution in [2.24, 2.45) is 0 Å². The summed E-state index contributed by atoms with van der Waals surface area (Å²) in [4.78, 5) is 22.7. The van der Waals surface area contributed by atoms with Crippen LogP contribution in [-0.4, -0.2) is 44.2 Å². The number of ether oxygens (including phenoxy) is 1. The topological polar surface area (TPSA) is 93.1 Å². The molecule has 0 bridgehead atoms. The molecule has 0 spiro atoms. The van der Waals surface area contributed by atoms with Gasteiger partial charge in [0.2, 0.25) is 0 Å². The van der Waals surface area contributed by atoms with Crippen LogP contribution < -0.4 is 10.1 Å². The van der Waals surface area contributed by atoms with Gasteiger partial charge in [-0.05, 0) is 54.7 Å². The summed E-state index contributed by atoms with van der Waals surface area (Å²) in [6, 6.07) is 11.5. The lowest BCUT2D eigenvalue weighted by Gasteiger charge is -2.28. The number of carbonyl (C=O) groups is 1. The zero-order valence-corrected chi connectivity index (χ0v) is 17.4. The number of aromatic nitrogens is 4. The number of rotatable bonds is 5. The second-order valence-electron chi connectivity index (χ2n) is 7.23. The number of piperidine rings is 1. The van der Waals surface area contributed by atoms with E-state index in [1.807, 2.05) is 24.3 Å². The normalized spacial score (nSPS) is 13.6. The number of nitrogens with one attached hydrogen (secondary N) is 1. The molecule has 0 saturated carbocycles. The third-order valence-corrected chi connectivity index (χ3v) is 5.03. The molecular weight excluding hydrogens is 392 g/mol. The molecule has 1 aliphatic heterocycles. The van der Waals surface area contributed by atoms with E-state index >= 15 is 0 Å². The Morgan fingerprint density at radius 1 is 1.16 bits per heavy atom. The highest BCUT2D eigenvalue weighted by Crippen LogP contribution is 2.24. The van der Waals surface area contributed by atoms with Crippen LogP contribution in [0.2, 0.25) is 0 Å². The molecule has 8 heteroatoms. The van der Waals surface area contributed by atoms with Gasteiger partial charge in [0.25, 0.3) is 0 Å². The molecule has 1 aliphatic rings. The summed E-state index contributed by atoms with van der Waals surface area (Å²) in [7, 11) is 0. The van der Waals surface area contributed by atoms with Crippen LogP contribution in [0.5, 0.6) is 11.8 Å². The first-order valence-electron chi connectivity index (χ1n) is 10.3. The third kappa shape index (κ3) is 5.63. The van der Waals surface area contributed by atoms with E-state index in [2.05, 4.69) is 38.5 Å². The van der Waals surface area contributed by atoms with Crippen molar-refractivity contribution in [3.63, 3.8) is 0 Å². The highest BCUT2D eigenvalue weighted by atomic mass is 16.5. The van der Waals surface area contributed by atoms with Gasteiger partial charge in [-0.3, -0.25) is 5.32 Å². The number of likely N-dealkylation sites (tertiary alicyclic amines) is 1. The minimum atomic E-state index is -0.149. The number of hydrogen-bond donors (Lipinski definition) is 1. The SMILES string of the molecule is CCc1cnc(Oc2cccc(C=C3CCN(C(=O)Nc4cccnn4)CC3)c2)nc1. The van der Waals surface area contributed by atoms with Crippen LogP contribution in [0.15, 0.2) is 60.6 Å². The van der Waals surface area contributed by atoms with Crippen molar-refractivity contribution >= 4 is 17.9 Å². The molecule has 4 rings (SSSR count). The number of amides is 2. The molecule has 1 aromatic carbocycles. The van der Waals surface area contributed by atoms with E-state index in [1.54, 1.807) is 35.6 Å². The maximum atomic E-state index is 12.4. The van der Waals surface area contributed by atoms with Crippen molar-refractivity contribution in [2.45, 2.75) is 26.2 Å². The maximum absolute atomic E-state index is 12.4. The fourth-order valence-electron chi connectivity index (χ4n) is 3.29. The highest BCUT2D eigenvalue weighted by molar-refractivity contribution is 5.88. The van der Waals surface area contributed by atoms with E-state index in [4.69, 9.17) is 4.74 Å². The molecule has 0 unspecified atom stereocenters. The smallest absolute Gasteiger partial charge is 0.323 e. The van der Waals surface area contributed by atoms with Gasteiger partial charge in [-0.2, -0.15) is 5.10 Å². The first kappa shape index (κ1) is 20.5. The van der Waals surface area contributed by atoms with Gasteiger partial charge in [-0.15, -0.1) is 5.10 Å².